The van der Waals surface area contributed by atoms with E-state index in [1.165, 1.54) is 0 Å². The first-order valence-electron chi connectivity index (χ1n) is 6.55. The van der Waals surface area contributed by atoms with Crippen molar-refractivity contribution >= 4 is 5.82 Å². The summed E-state index contributed by atoms with van der Waals surface area (Å²) in [6.45, 7) is 10.3. The van der Waals surface area contributed by atoms with Crippen LogP contribution in [0.3, 0.4) is 0 Å². The highest BCUT2D eigenvalue weighted by atomic mass is 16.5. The van der Waals surface area contributed by atoms with E-state index in [-0.39, 0.29) is 0 Å². The van der Waals surface area contributed by atoms with Gasteiger partial charge < -0.3 is 9.64 Å². The monoisotopic (exact) mass is 247 g/mol. The van der Waals surface area contributed by atoms with Gasteiger partial charge in [0, 0.05) is 24.8 Å². The average molecular weight is 247 g/mol. The lowest BCUT2D eigenvalue weighted by molar-refractivity contribution is 0.0909. The predicted molar refractivity (Wildman–Crippen MR) is 72.9 cm³/mol. The summed E-state index contributed by atoms with van der Waals surface area (Å²) in [6.07, 6.45) is 4.09. The SMILES string of the molecule is C=CCOC1CCN(c2cc(CC)nc(C)n2)C1. The van der Waals surface area contributed by atoms with Crippen LogP contribution in [0, 0.1) is 6.92 Å². The van der Waals surface area contributed by atoms with Gasteiger partial charge >= 0.3 is 0 Å². The largest absolute Gasteiger partial charge is 0.372 e. The molecule has 2 heterocycles. The van der Waals surface area contributed by atoms with Crippen molar-refractivity contribution in [1.29, 1.82) is 0 Å². The van der Waals surface area contributed by atoms with Crippen molar-refractivity contribution < 1.29 is 4.74 Å². The normalized spacial score (nSPS) is 19.2. The molecule has 1 unspecified atom stereocenters. The maximum absolute atomic E-state index is 5.69. The van der Waals surface area contributed by atoms with E-state index in [9.17, 15) is 0 Å². The maximum atomic E-state index is 5.69. The summed E-state index contributed by atoms with van der Waals surface area (Å²) < 4.78 is 5.69. The van der Waals surface area contributed by atoms with Gasteiger partial charge in [0.1, 0.15) is 11.6 Å². The Kier molecular flexibility index (Phi) is 4.31. The second-order valence-corrected chi connectivity index (χ2v) is 4.60. The highest BCUT2D eigenvalue weighted by Crippen LogP contribution is 2.20. The van der Waals surface area contributed by atoms with E-state index in [4.69, 9.17) is 4.74 Å². The summed E-state index contributed by atoms with van der Waals surface area (Å²) in [5, 5.41) is 0. The molecule has 98 valence electrons. The summed E-state index contributed by atoms with van der Waals surface area (Å²) in [5.74, 6) is 1.88. The number of hydrogen-bond donors (Lipinski definition) is 0. The van der Waals surface area contributed by atoms with Crippen LogP contribution in [0.15, 0.2) is 18.7 Å². The molecule has 0 bridgehead atoms. The fourth-order valence-electron chi connectivity index (χ4n) is 2.23. The second kappa shape index (κ2) is 5.96. The smallest absolute Gasteiger partial charge is 0.132 e. The van der Waals surface area contributed by atoms with E-state index < -0.39 is 0 Å². The number of nitrogens with zero attached hydrogens (tertiary/aromatic N) is 3. The van der Waals surface area contributed by atoms with Crippen LogP contribution >= 0.6 is 0 Å². The highest BCUT2D eigenvalue weighted by molar-refractivity contribution is 5.41. The quantitative estimate of drug-likeness (QED) is 0.747. The summed E-state index contributed by atoms with van der Waals surface area (Å²) in [7, 11) is 0. The molecule has 0 N–H and O–H groups in total. The van der Waals surface area contributed by atoms with E-state index in [2.05, 4.69) is 34.4 Å². The maximum Gasteiger partial charge on any atom is 0.132 e. The van der Waals surface area contributed by atoms with Crippen LogP contribution in [0.2, 0.25) is 0 Å². The van der Waals surface area contributed by atoms with E-state index in [0.29, 0.717) is 12.7 Å². The fraction of sp³-hybridized carbons (Fsp3) is 0.571. The van der Waals surface area contributed by atoms with E-state index >= 15 is 0 Å². The molecular formula is C14H21N3O. The van der Waals surface area contributed by atoms with Crippen LogP contribution in [0.4, 0.5) is 5.82 Å². The Balaban J connectivity index is 2.04. The van der Waals surface area contributed by atoms with Gasteiger partial charge in [-0.15, -0.1) is 6.58 Å². The Labute approximate surface area is 109 Å². The van der Waals surface area contributed by atoms with Gasteiger partial charge in [-0.25, -0.2) is 9.97 Å². The van der Waals surface area contributed by atoms with Crippen LogP contribution in [-0.4, -0.2) is 35.8 Å². The second-order valence-electron chi connectivity index (χ2n) is 4.60. The van der Waals surface area contributed by atoms with Crippen molar-refractivity contribution in [2.45, 2.75) is 32.8 Å². The molecule has 4 heteroatoms. The first-order valence-corrected chi connectivity index (χ1v) is 6.55. The Morgan fingerprint density at radius 2 is 2.39 bits per heavy atom. The van der Waals surface area contributed by atoms with Gasteiger partial charge in [-0.05, 0) is 19.8 Å². The summed E-state index contributed by atoms with van der Waals surface area (Å²) in [6, 6.07) is 2.09. The molecule has 1 aliphatic rings. The Morgan fingerprint density at radius 1 is 1.56 bits per heavy atom. The van der Waals surface area contributed by atoms with Crippen LogP contribution in [-0.2, 0) is 11.2 Å². The molecule has 4 nitrogen and oxygen atoms in total. The molecule has 0 aromatic carbocycles. The summed E-state index contributed by atoms with van der Waals surface area (Å²) in [5.41, 5.74) is 1.10. The third-order valence-corrected chi connectivity index (χ3v) is 3.16. The van der Waals surface area contributed by atoms with Gasteiger partial charge in [0.25, 0.3) is 0 Å². The minimum atomic E-state index is 0.295. The molecule has 18 heavy (non-hydrogen) atoms. The summed E-state index contributed by atoms with van der Waals surface area (Å²) >= 11 is 0. The number of rotatable bonds is 5. The van der Waals surface area contributed by atoms with Gasteiger partial charge in [-0.1, -0.05) is 13.0 Å². The van der Waals surface area contributed by atoms with Crippen molar-refractivity contribution in [3.8, 4) is 0 Å². The van der Waals surface area contributed by atoms with Gasteiger partial charge in [0.15, 0.2) is 0 Å². The first-order chi connectivity index (χ1) is 8.72. The minimum absolute atomic E-state index is 0.295. The predicted octanol–water partition coefficient (Wildman–Crippen LogP) is 2.13. The van der Waals surface area contributed by atoms with Gasteiger partial charge in [-0.3, -0.25) is 0 Å². The molecular weight excluding hydrogens is 226 g/mol. The van der Waals surface area contributed by atoms with Crippen LogP contribution in [0.1, 0.15) is 24.9 Å². The van der Waals surface area contributed by atoms with Crippen LogP contribution < -0.4 is 4.90 Å². The Bertz CT molecular complexity index is 420. The van der Waals surface area contributed by atoms with E-state index in [1.54, 1.807) is 6.08 Å². The zero-order valence-corrected chi connectivity index (χ0v) is 11.2. The fourth-order valence-corrected chi connectivity index (χ4v) is 2.23. The highest BCUT2D eigenvalue weighted by Gasteiger charge is 2.24. The van der Waals surface area contributed by atoms with Crippen molar-refractivity contribution in [3.05, 3.63) is 30.2 Å². The summed E-state index contributed by atoms with van der Waals surface area (Å²) in [4.78, 5) is 11.2. The Morgan fingerprint density at radius 3 is 3.11 bits per heavy atom. The van der Waals surface area contributed by atoms with Crippen LogP contribution in [0.5, 0.6) is 0 Å². The zero-order valence-electron chi connectivity index (χ0n) is 11.2. The molecule has 0 saturated carbocycles. The molecule has 0 amide bonds. The molecule has 1 fully saturated rings. The lowest BCUT2D eigenvalue weighted by Gasteiger charge is -2.18. The lowest BCUT2D eigenvalue weighted by atomic mass is 10.3. The van der Waals surface area contributed by atoms with Gasteiger partial charge in [-0.2, -0.15) is 0 Å². The molecule has 2 rings (SSSR count). The van der Waals surface area contributed by atoms with Crippen molar-refractivity contribution in [3.63, 3.8) is 0 Å². The standard InChI is InChI=1S/C14H21N3O/c1-4-8-18-13-6-7-17(10-13)14-9-12(5-2)15-11(3)16-14/h4,9,13H,1,5-8,10H2,2-3H3. The molecule has 0 aliphatic carbocycles. The van der Waals surface area contributed by atoms with E-state index in [1.807, 2.05) is 6.92 Å². The van der Waals surface area contributed by atoms with Crippen molar-refractivity contribution in [1.82, 2.24) is 9.97 Å². The minimum Gasteiger partial charge on any atom is -0.372 e. The number of aromatic nitrogens is 2. The van der Waals surface area contributed by atoms with Gasteiger partial charge in [0.2, 0.25) is 0 Å². The lowest BCUT2D eigenvalue weighted by Crippen LogP contribution is -2.24. The molecule has 1 aliphatic heterocycles. The van der Waals surface area contributed by atoms with Gasteiger partial charge in [0.05, 0.1) is 12.7 Å². The third kappa shape index (κ3) is 3.07. The number of anilines is 1. The third-order valence-electron chi connectivity index (χ3n) is 3.16. The Hall–Kier alpha value is -1.42. The molecule has 0 spiro atoms. The number of aryl methyl sites for hydroxylation is 2. The van der Waals surface area contributed by atoms with Crippen molar-refractivity contribution in [2.75, 3.05) is 24.6 Å². The molecule has 1 saturated heterocycles. The first kappa shape index (κ1) is 13.0. The molecule has 1 aromatic rings. The number of ether oxygens (including phenoxy) is 1. The average Bonchev–Trinajstić information content (AvgIpc) is 2.84. The zero-order chi connectivity index (χ0) is 13.0. The topological polar surface area (TPSA) is 38.2 Å². The molecule has 1 atom stereocenters. The van der Waals surface area contributed by atoms with E-state index in [0.717, 1.165) is 43.3 Å². The number of hydrogen-bond acceptors (Lipinski definition) is 4. The van der Waals surface area contributed by atoms with Crippen LogP contribution in [0.25, 0.3) is 0 Å². The molecule has 1 aromatic heterocycles. The molecule has 0 radical (unpaired) electrons. The van der Waals surface area contributed by atoms with Crippen molar-refractivity contribution in [2.24, 2.45) is 0 Å².